The molecule has 0 saturated heterocycles. The molecular formula is C55H64O8. The van der Waals surface area contributed by atoms with E-state index in [-0.39, 0.29) is 27.7 Å². The molecule has 4 saturated carbocycles. The summed E-state index contributed by atoms with van der Waals surface area (Å²) in [6, 6.07) is 18.6. The van der Waals surface area contributed by atoms with Crippen LogP contribution in [0.4, 0.5) is 0 Å². The third-order valence-electron chi connectivity index (χ3n) is 18.3. The predicted octanol–water partition coefficient (Wildman–Crippen LogP) is 13.2. The van der Waals surface area contributed by atoms with E-state index >= 15 is 0 Å². The third-order valence-corrected chi connectivity index (χ3v) is 18.3. The highest BCUT2D eigenvalue weighted by molar-refractivity contribution is 6.15. The third kappa shape index (κ3) is 7.26. The first-order valence-electron chi connectivity index (χ1n) is 24.2. The maximum Gasteiger partial charge on any atom is 0.347 e. The van der Waals surface area contributed by atoms with Gasteiger partial charge in [-0.3, -0.25) is 0 Å². The van der Waals surface area contributed by atoms with Gasteiger partial charge in [-0.2, -0.15) is 0 Å². The van der Waals surface area contributed by atoms with Crippen molar-refractivity contribution in [3.63, 3.8) is 0 Å². The van der Waals surface area contributed by atoms with E-state index in [2.05, 4.69) is 65.0 Å². The summed E-state index contributed by atoms with van der Waals surface area (Å²) in [5, 5.41) is 0. The fourth-order valence-electron chi connectivity index (χ4n) is 15.0. The monoisotopic (exact) mass is 852 g/mol. The van der Waals surface area contributed by atoms with Crippen LogP contribution in [0.3, 0.4) is 0 Å². The summed E-state index contributed by atoms with van der Waals surface area (Å²) in [6.07, 6.45) is 20.9. The molecule has 5 aliphatic carbocycles. The first-order chi connectivity index (χ1) is 30.3. The molecule has 4 fully saturated rings. The number of hydrogen-bond acceptors (Lipinski definition) is 8. The Balaban J connectivity index is 0.896. The van der Waals surface area contributed by atoms with Gasteiger partial charge < -0.3 is 18.9 Å². The number of esters is 4. The smallest absolute Gasteiger partial charge is 0.347 e. The fraction of sp³-hybridized carbons (Fsp3) is 0.564. The molecule has 0 spiro atoms. The zero-order chi connectivity index (χ0) is 43.8. The second-order valence-electron chi connectivity index (χ2n) is 21.7. The van der Waals surface area contributed by atoms with E-state index in [4.69, 9.17) is 18.9 Å². The van der Waals surface area contributed by atoms with Gasteiger partial charge in [0.2, 0.25) is 0 Å². The maximum absolute atomic E-state index is 12.3. The van der Waals surface area contributed by atoms with Crippen LogP contribution in [0, 0.1) is 58.2 Å². The van der Waals surface area contributed by atoms with Gasteiger partial charge in [-0.1, -0.05) is 66.0 Å². The topological polar surface area (TPSA) is 105 Å². The average molecular weight is 853 g/mol. The Hall–Kier alpha value is -4.72. The number of rotatable bonds is 11. The first kappa shape index (κ1) is 42.2. The lowest BCUT2D eigenvalue weighted by molar-refractivity contribution is -0.129. The van der Waals surface area contributed by atoms with Crippen LogP contribution in [0.25, 0.3) is 0 Å². The van der Waals surface area contributed by atoms with Gasteiger partial charge in [-0.15, -0.1) is 0 Å². The lowest BCUT2D eigenvalue weighted by Gasteiger charge is -2.64. The van der Waals surface area contributed by atoms with Crippen LogP contribution in [0.15, 0.2) is 72.5 Å². The highest BCUT2D eigenvalue weighted by Crippen LogP contribution is 2.70. The van der Waals surface area contributed by atoms with Crippen LogP contribution in [0.1, 0.15) is 178 Å². The van der Waals surface area contributed by atoms with Crippen molar-refractivity contribution in [2.24, 2.45) is 58.2 Å². The second kappa shape index (κ2) is 16.1. The quantitative estimate of drug-likeness (QED) is 0.139. The Morgan fingerprint density at radius 1 is 0.619 bits per heavy atom. The van der Waals surface area contributed by atoms with E-state index in [1.165, 1.54) is 76.2 Å². The van der Waals surface area contributed by atoms with Gasteiger partial charge in [-0.25, -0.2) is 19.2 Å². The van der Waals surface area contributed by atoms with Crippen LogP contribution in [0.5, 0.6) is 17.2 Å². The fourth-order valence-corrected chi connectivity index (χ4v) is 15.0. The molecular weight excluding hydrogens is 789 g/mol. The van der Waals surface area contributed by atoms with E-state index in [1.807, 2.05) is 0 Å². The Morgan fingerprint density at radius 3 is 1.90 bits per heavy atom. The minimum atomic E-state index is -0.642. The van der Waals surface area contributed by atoms with Gasteiger partial charge in [-0.05, 0) is 194 Å². The van der Waals surface area contributed by atoms with E-state index in [9.17, 15) is 19.2 Å². The standard InChI is InChI=1S/C55H64O8/c1-32(2)7-6-8-33(3)46-23-24-47-43-20-13-36-31-55(28-27-53(36,4)48(43)25-26-54(46,47)5,34-9-14-37(15-10-34)60-39-18-21-41-44(29-39)51(58)62-49(41)56)35-11-16-38(17-12-35)61-40-19-22-42-45(30-40)52(59)63-50(42)57/h9-10,14-16,18-19,21-22,29-30,32-33,35-36,43,46-48H,6-8,11-13,17,20,23-28,31H2,1-5H3. The minimum absolute atomic E-state index is 0.0139. The molecule has 7 aliphatic rings. The Morgan fingerprint density at radius 2 is 1.25 bits per heavy atom. The predicted molar refractivity (Wildman–Crippen MR) is 240 cm³/mol. The Labute approximate surface area is 372 Å². The van der Waals surface area contributed by atoms with Crippen LogP contribution in [-0.2, 0) is 14.9 Å². The summed E-state index contributed by atoms with van der Waals surface area (Å²) in [7, 11) is 0. The molecule has 2 heterocycles. The van der Waals surface area contributed by atoms with E-state index in [1.54, 1.807) is 36.4 Å². The van der Waals surface area contributed by atoms with Crippen molar-refractivity contribution >= 4 is 23.9 Å². The molecule has 3 aromatic carbocycles. The molecule has 2 aliphatic heterocycles. The maximum atomic E-state index is 12.3. The van der Waals surface area contributed by atoms with Crippen molar-refractivity contribution in [2.45, 2.75) is 136 Å². The van der Waals surface area contributed by atoms with Crippen molar-refractivity contribution in [3.8, 4) is 17.2 Å². The van der Waals surface area contributed by atoms with Crippen LogP contribution in [0.2, 0.25) is 0 Å². The van der Waals surface area contributed by atoms with Gasteiger partial charge >= 0.3 is 23.9 Å². The van der Waals surface area contributed by atoms with Gasteiger partial charge in [0, 0.05) is 6.42 Å². The number of carbonyl (C=O) groups is 4. The number of allylic oxidation sites excluding steroid dienone is 2. The zero-order valence-corrected chi connectivity index (χ0v) is 37.8. The number of fused-ring (bicyclic) bond motifs is 7. The van der Waals surface area contributed by atoms with Gasteiger partial charge in [0.15, 0.2) is 0 Å². The van der Waals surface area contributed by atoms with Crippen molar-refractivity contribution in [3.05, 3.63) is 100 Å². The number of cyclic esters (lactones) is 4. The largest absolute Gasteiger partial charge is 0.462 e. The molecule has 10 atom stereocenters. The number of benzene rings is 3. The van der Waals surface area contributed by atoms with Crippen LogP contribution in [-0.4, -0.2) is 23.9 Å². The van der Waals surface area contributed by atoms with Crippen LogP contribution >= 0.6 is 0 Å². The molecule has 8 nitrogen and oxygen atoms in total. The van der Waals surface area contributed by atoms with Crippen molar-refractivity contribution in [1.82, 2.24) is 0 Å². The minimum Gasteiger partial charge on any atom is -0.462 e. The molecule has 63 heavy (non-hydrogen) atoms. The summed E-state index contributed by atoms with van der Waals surface area (Å²) in [5.74, 6) is 6.18. The van der Waals surface area contributed by atoms with Gasteiger partial charge in [0.05, 0.1) is 22.3 Å². The molecule has 0 aromatic heterocycles. The first-order valence-corrected chi connectivity index (χ1v) is 24.2. The summed E-state index contributed by atoms with van der Waals surface area (Å²) in [4.78, 5) is 48.7. The number of hydrogen-bond donors (Lipinski definition) is 0. The number of carbonyl (C=O) groups excluding carboxylic acids is 4. The summed E-state index contributed by atoms with van der Waals surface area (Å²) < 4.78 is 22.3. The Bertz CT molecular complexity index is 2360. The summed E-state index contributed by atoms with van der Waals surface area (Å²) in [6.45, 7) is 12.7. The Kier molecular flexibility index (Phi) is 10.8. The normalized spacial score (nSPS) is 33.7. The highest BCUT2D eigenvalue weighted by atomic mass is 16.6. The van der Waals surface area contributed by atoms with Crippen molar-refractivity contribution < 1.29 is 38.1 Å². The van der Waals surface area contributed by atoms with Crippen LogP contribution < -0.4 is 9.47 Å². The molecule has 0 N–H and O–H groups in total. The van der Waals surface area contributed by atoms with Crippen molar-refractivity contribution in [2.75, 3.05) is 0 Å². The molecule has 0 bridgehead atoms. The van der Waals surface area contributed by atoms with Gasteiger partial charge in [0.1, 0.15) is 23.0 Å². The molecule has 0 amide bonds. The molecule has 8 heteroatoms. The van der Waals surface area contributed by atoms with E-state index in [0.29, 0.717) is 39.9 Å². The lowest BCUT2D eigenvalue weighted by Crippen LogP contribution is -2.56. The SMILES string of the molecule is CC(C)CCCC(C)C1CCC2C3CCC4CC(c5ccc(Oc6ccc7c(c6)C(=O)OC7=O)cc5)(C5CC=C(Oc6ccc7c(c6)C(=O)OC7=O)CC5)CCC4(C)C3CCC12C. The number of ether oxygens (including phenoxy) is 4. The molecule has 332 valence electrons. The lowest BCUT2D eigenvalue weighted by atomic mass is 9.41. The van der Waals surface area contributed by atoms with E-state index < -0.39 is 23.9 Å². The average Bonchev–Trinajstić information content (AvgIpc) is 3.88. The van der Waals surface area contributed by atoms with Crippen molar-refractivity contribution in [1.29, 1.82) is 0 Å². The summed E-state index contributed by atoms with van der Waals surface area (Å²) in [5.41, 5.74) is 3.22. The molecule has 10 unspecified atom stereocenters. The molecule has 0 radical (unpaired) electrons. The van der Waals surface area contributed by atoms with Gasteiger partial charge in [0.25, 0.3) is 0 Å². The zero-order valence-electron chi connectivity index (χ0n) is 37.8. The molecule has 10 rings (SSSR count). The second-order valence-corrected chi connectivity index (χ2v) is 21.7. The molecule has 3 aromatic rings. The summed E-state index contributed by atoms with van der Waals surface area (Å²) >= 11 is 0. The highest BCUT2D eigenvalue weighted by Gasteiger charge is 2.62. The van der Waals surface area contributed by atoms with E-state index in [0.717, 1.165) is 66.9 Å².